The monoisotopic (exact) mass is 216 g/mol. The summed E-state index contributed by atoms with van der Waals surface area (Å²) in [4.78, 5) is 22.2. The molecule has 5 heteroatoms. The molecule has 2 aromatic heterocycles. The largest absolute Gasteiger partial charge is 0.383 e. The molecular formula is C11H12N4O. The summed E-state index contributed by atoms with van der Waals surface area (Å²) in [5, 5.41) is 0. The van der Waals surface area contributed by atoms with Gasteiger partial charge in [0.25, 0.3) is 5.56 Å². The van der Waals surface area contributed by atoms with Crippen LogP contribution < -0.4 is 11.3 Å². The quantitative estimate of drug-likeness (QED) is 0.745. The topological polar surface area (TPSA) is 84.7 Å². The number of pyridine rings is 1. The smallest absolute Gasteiger partial charge is 0.253 e. The number of aromatic amines is 1. The Hall–Kier alpha value is -2.17. The van der Waals surface area contributed by atoms with Crippen molar-refractivity contribution in [2.45, 2.75) is 13.8 Å². The van der Waals surface area contributed by atoms with Crippen LogP contribution in [-0.4, -0.2) is 15.0 Å². The Morgan fingerprint density at radius 3 is 2.31 bits per heavy atom. The van der Waals surface area contributed by atoms with Gasteiger partial charge in [0.2, 0.25) is 0 Å². The number of H-pyrrole nitrogens is 1. The summed E-state index contributed by atoms with van der Waals surface area (Å²) in [6.07, 6.45) is 0. The van der Waals surface area contributed by atoms with Gasteiger partial charge < -0.3 is 10.7 Å². The highest BCUT2D eigenvalue weighted by Gasteiger charge is 2.04. The van der Waals surface area contributed by atoms with Crippen molar-refractivity contribution in [3.8, 4) is 11.4 Å². The van der Waals surface area contributed by atoms with Crippen molar-refractivity contribution in [3.63, 3.8) is 0 Å². The lowest BCUT2D eigenvalue weighted by atomic mass is 10.2. The Kier molecular flexibility index (Phi) is 2.44. The number of nitrogens with two attached hydrogens (primary N) is 1. The molecule has 0 radical (unpaired) electrons. The fourth-order valence-electron chi connectivity index (χ4n) is 1.58. The van der Waals surface area contributed by atoms with Gasteiger partial charge in [-0.1, -0.05) is 0 Å². The van der Waals surface area contributed by atoms with E-state index in [-0.39, 0.29) is 11.4 Å². The Bertz CT molecular complexity index is 569. The fraction of sp³-hybridized carbons (Fsp3) is 0.182. The minimum Gasteiger partial charge on any atom is -0.383 e. The highest BCUT2D eigenvalue weighted by atomic mass is 16.1. The number of nitrogens with zero attached hydrogens (tertiary/aromatic N) is 2. The zero-order valence-corrected chi connectivity index (χ0v) is 9.11. The van der Waals surface area contributed by atoms with Crippen molar-refractivity contribution in [1.82, 2.24) is 15.0 Å². The lowest BCUT2D eigenvalue weighted by Gasteiger charge is -2.04. The van der Waals surface area contributed by atoms with Crippen LogP contribution in [-0.2, 0) is 0 Å². The highest BCUT2D eigenvalue weighted by Crippen LogP contribution is 2.16. The molecule has 2 heterocycles. The number of hydrogen-bond donors (Lipinski definition) is 2. The second kappa shape index (κ2) is 3.77. The Balaban J connectivity index is 2.62. The maximum atomic E-state index is 11.3. The van der Waals surface area contributed by atoms with Crippen LogP contribution in [0.4, 0.5) is 5.82 Å². The predicted octanol–water partition coefficient (Wildman–Crippen LogP) is 1.03. The second-order valence-electron chi connectivity index (χ2n) is 3.66. The maximum Gasteiger partial charge on any atom is 0.253 e. The number of nitrogens with one attached hydrogen (secondary N) is 1. The van der Waals surface area contributed by atoms with Crippen LogP contribution in [0.25, 0.3) is 11.4 Å². The molecule has 0 aromatic carbocycles. The summed E-state index contributed by atoms with van der Waals surface area (Å²) < 4.78 is 0. The lowest BCUT2D eigenvalue weighted by Crippen LogP contribution is -2.10. The van der Waals surface area contributed by atoms with E-state index < -0.39 is 0 Å². The van der Waals surface area contributed by atoms with E-state index in [4.69, 9.17) is 5.73 Å². The van der Waals surface area contributed by atoms with Gasteiger partial charge in [-0.05, 0) is 26.0 Å². The molecule has 0 spiro atoms. The van der Waals surface area contributed by atoms with Gasteiger partial charge in [0.05, 0.1) is 0 Å². The average molecular weight is 216 g/mol. The summed E-state index contributed by atoms with van der Waals surface area (Å²) in [6.45, 7) is 3.78. The van der Waals surface area contributed by atoms with Gasteiger partial charge in [-0.25, -0.2) is 4.98 Å². The van der Waals surface area contributed by atoms with E-state index in [1.54, 1.807) is 0 Å². The maximum absolute atomic E-state index is 11.3. The first kappa shape index (κ1) is 10.4. The molecule has 0 atom stereocenters. The molecule has 0 aliphatic heterocycles. The third-order valence-electron chi connectivity index (χ3n) is 2.12. The summed E-state index contributed by atoms with van der Waals surface area (Å²) in [5.41, 5.74) is 7.84. The van der Waals surface area contributed by atoms with Gasteiger partial charge in [-0.3, -0.25) is 9.78 Å². The standard InChI is InChI=1S/C11H12N4O/c1-6-3-8(4-7(2)13-6)11-14-9(12)5-10(16)15-11/h3-5H,1-2H3,(H3,12,14,15,16). The molecule has 3 N–H and O–H groups in total. The first-order valence-corrected chi connectivity index (χ1v) is 4.87. The van der Waals surface area contributed by atoms with E-state index in [0.717, 1.165) is 17.0 Å². The molecule has 16 heavy (non-hydrogen) atoms. The van der Waals surface area contributed by atoms with Crippen molar-refractivity contribution < 1.29 is 0 Å². The highest BCUT2D eigenvalue weighted by molar-refractivity contribution is 5.57. The van der Waals surface area contributed by atoms with Gasteiger partial charge >= 0.3 is 0 Å². The third kappa shape index (κ3) is 2.08. The lowest BCUT2D eigenvalue weighted by molar-refractivity contribution is 1.09. The van der Waals surface area contributed by atoms with Crippen LogP contribution in [0.1, 0.15) is 11.4 Å². The summed E-state index contributed by atoms with van der Waals surface area (Å²) in [7, 11) is 0. The third-order valence-corrected chi connectivity index (χ3v) is 2.12. The molecule has 0 saturated heterocycles. The number of aryl methyl sites for hydroxylation is 2. The van der Waals surface area contributed by atoms with E-state index in [0.29, 0.717) is 5.82 Å². The van der Waals surface area contributed by atoms with E-state index in [9.17, 15) is 4.79 Å². The van der Waals surface area contributed by atoms with Gasteiger partial charge in [0, 0.05) is 23.0 Å². The number of nitrogen functional groups attached to an aromatic ring is 1. The summed E-state index contributed by atoms with van der Waals surface area (Å²) >= 11 is 0. The zero-order chi connectivity index (χ0) is 11.7. The molecule has 2 aromatic rings. The molecule has 2 rings (SSSR count). The van der Waals surface area contributed by atoms with Gasteiger partial charge in [0.15, 0.2) is 0 Å². The Morgan fingerprint density at radius 2 is 1.75 bits per heavy atom. The van der Waals surface area contributed by atoms with Gasteiger partial charge in [0.1, 0.15) is 11.6 Å². The van der Waals surface area contributed by atoms with Crippen LogP contribution in [0, 0.1) is 13.8 Å². The minimum atomic E-state index is -0.255. The predicted molar refractivity (Wildman–Crippen MR) is 62.0 cm³/mol. The van der Waals surface area contributed by atoms with Crippen molar-refractivity contribution in [1.29, 1.82) is 0 Å². The SMILES string of the molecule is Cc1cc(-c2nc(N)cc(=O)[nH]2)cc(C)n1. The van der Waals surface area contributed by atoms with Crippen molar-refractivity contribution in [2.75, 3.05) is 5.73 Å². The molecule has 5 nitrogen and oxygen atoms in total. The number of anilines is 1. The number of rotatable bonds is 1. The summed E-state index contributed by atoms with van der Waals surface area (Å²) in [6, 6.07) is 4.96. The second-order valence-corrected chi connectivity index (χ2v) is 3.66. The average Bonchev–Trinajstić information content (AvgIpc) is 2.14. The molecule has 0 fully saturated rings. The van der Waals surface area contributed by atoms with Crippen LogP contribution in [0.5, 0.6) is 0 Å². The van der Waals surface area contributed by atoms with Crippen molar-refractivity contribution in [3.05, 3.63) is 39.9 Å². The normalized spacial score (nSPS) is 10.4. The first-order chi connectivity index (χ1) is 7.54. The number of aromatic nitrogens is 3. The molecule has 0 unspecified atom stereocenters. The molecule has 82 valence electrons. The van der Waals surface area contributed by atoms with Crippen LogP contribution in [0.2, 0.25) is 0 Å². The molecule has 0 aliphatic carbocycles. The molecule has 0 bridgehead atoms. The number of hydrogen-bond acceptors (Lipinski definition) is 4. The van der Waals surface area contributed by atoms with Gasteiger partial charge in [-0.15, -0.1) is 0 Å². The van der Waals surface area contributed by atoms with E-state index in [1.165, 1.54) is 6.07 Å². The zero-order valence-electron chi connectivity index (χ0n) is 9.11. The first-order valence-electron chi connectivity index (χ1n) is 4.87. The molecule has 0 amide bonds. The van der Waals surface area contributed by atoms with Gasteiger partial charge in [-0.2, -0.15) is 0 Å². The van der Waals surface area contributed by atoms with Crippen molar-refractivity contribution >= 4 is 5.82 Å². The van der Waals surface area contributed by atoms with E-state index >= 15 is 0 Å². The molecular weight excluding hydrogens is 204 g/mol. The Labute approximate surface area is 92.4 Å². The van der Waals surface area contributed by atoms with E-state index in [2.05, 4.69) is 15.0 Å². The van der Waals surface area contributed by atoms with Crippen molar-refractivity contribution in [2.24, 2.45) is 0 Å². The fourth-order valence-corrected chi connectivity index (χ4v) is 1.58. The molecule has 0 saturated carbocycles. The van der Waals surface area contributed by atoms with E-state index in [1.807, 2.05) is 26.0 Å². The minimum absolute atomic E-state index is 0.214. The Morgan fingerprint density at radius 1 is 1.12 bits per heavy atom. The van der Waals surface area contributed by atoms with Crippen LogP contribution in [0.3, 0.4) is 0 Å². The summed E-state index contributed by atoms with van der Waals surface area (Å²) in [5.74, 6) is 0.685. The molecule has 0 aliphatic rings. The van der Waals surface area contributed by atoms with Crippen LogP contribution in [0.15, 0.2) is 23.0 Å². The van der Waals surface area contributed by atoms with Crippen LogP contribution >= 0.6 is 0 Å².